The minimum atomic E-state index is -1.77. The first-order valence-electron chi connectivity index (χ1n) is 33.1. The van der Waals surface area contributed by atoms with Gasteiger partial charge in [-0.25, -0.2) is 4.79 Å². The van der Waals surface area contributed by atoms with Crippen LogP contribution >= 0.6 is 0 Å². The Balaban J connectivity index is 1.49. The van der Waals surface area contributed by atoms with Crippen molar-refractivity contribution < 1.29 is 117 Å². The molecule has 1 aliphatic carbocycles. The highest BCUT2D eigenvalue weighted by Crippen LogP contribution is 2.29. The number of carboxylic acids is 6. The van der Waals surface area contributed by atoms with Crippen molar-refractivity contribution in [1.29, 1.82) is 0 Å². The molecule has 3 aliphatic rings. The van der Waals surface area contributed by atoms with E-state index >= 15 is 0 Å². The SMILES string of the molecule is CC[C@H](C)[C@H](NC(=O)[C@@H]1CCCN1C(=O)[C@H](CCC(=O)O)NC(=O)[C@H](Cc1ccc(O)cc1)NC(=O)CCC(=O)O)C(=O)N1CCC[C@H]1C(=O)N[C@@H](CCC(=O)O)C(=O)N[C@@H](CCC(=O)O)C(=O)N[C@@H](C)C(=O)N[C@@H](C)C(=O)N[C@@H](CC1CCCCC1)C(=O)N[C@@H](CCC(=O)O)C(=O)O. The number of hydrogen-bond donors (Lipinski definition) is 16. The summed E-state index contributed by atoms with van der Waals surface area (Å²) >= 11 is 0. The minimum Gasteiger partial charge on any atom is -0.508 e. The van der Waals surface area contributed by atoms with Crippen molar-refractivity contribution in [3.8, 4) is 5.75 Å². The molecule has 0 unspecified atom stereocenters. The molecule has 1 aromatic carbocycles. The van der Waals surface area contributed by atoms with Crippen molar-refractivity contribution in [1.82, 2.24) is 57.7 Å². The maximum Gasteiger partial charge on any atom is 0.326 e. The molecular formula is C64H93N11O24. The number of aromatic hydroxyl groups is 1. The monoisotopic (exact) mass is 1400 g/mol. The van der Waals surface area contributed by atoms with E-state index in [-0.39, 0.29) is 69.7 Å². The molecule has 4 rings (SSSR count). The number of phenolic OH excluding ortho intramolecular Hbond substituents is 1. The Morgan fingerprint density at radius 3 is 1.35 bits per heavy atom. The molecule has 1 saturated carbocycles. The highest BCUT2D eigenvalue weighted by atomic mass is 16.4. The second kappa shape index (κ2) is 40.0. The summed E-state index contributed by atoms with van der Waals surface area (Å²) in [4.78, 5) is 226. The van der Waals surface area contributed by atoms with Crippen LogP contribution in [-0.2, 0) is 87.9 Å². The van der Waals surface area contributed by atoms with Crippen LogP contribution in [0.15, 0.2) is 24.3 Å². The van der Waals surface area contributed by atoms with E-state index in [4.69, 9.17) is 10.2 Å². The normalized spacial score (nSPS) is 18.3. The maximum atomic E-state index is 14.7. The number of phenols is 1. The van der Waals surface area contributed by atoms with Gasteiger partial charge in [0.25, 0.3) is 0 Å². The maximum absolute atomic E-state index is 14.7. The highest BCUT2D eigenvalue weighted by molar-refractivity contribution is 6.00. The summed E-state index contributed by atoms with van der Waals surface area (Å²) in [5.41, 5.74) is 0.423. The lowest BCUT2D eigenvalue weighted by atomic mass is 9.84. The smallest absolute Gasteiger partial charge is 0.326 e. The number of carboxylic acid groups (broad SMARTS) is 6. The summed E-state index contributed by atoms with van der Waals surface area (Å²) in [5.74, 6) is -19.5. The van der Waals surface area contributed by atoms with Crippen molar-refractivity contribution in [3.63, 3.8) is 0 Å². The molecule has 99 heavy (non-hydrogen) atoms. The van der Waals surface area contributed by atoms with E-state index in [2.05, 4.69) is 47.9 Å². The summed E-state index contributed by atoms with van der Waals surface area (Å²) in [6.07, 6.45) is -1.33. The van der Waals surface area contributed by atoms with Gasteiger partial charge >= 0.3 is 35.8 Å². The third kappa shape index (κ3) is 27.1. The van der Waals surface area contributed by atoms with Gasteiger partial charge in [0.1, 0.15) is 72.2 Å². The van der Waals surface area contributed by atoms with Crippen LogP contribution in [-0.4, -0.2) is 226 Å². The van der Waals surface area contributed by atoms with Gasteiger partial charge in [0.05, 0.1) is 6.42 Å². The average molecular weight is 1400 g/mol. The van der Waals surface area contributed by atoms with Gasteiger partial charge < -0.3 is 93.4 Å². The summed E-state index contributed by atoms with van der Waals surface area (Å²) < 4.78 is 0. The van der Waals surface area contributed by atoms with Gasteiger partial charge in [0.15, 0.2) is 0 Å². The van der Waals surface area contributed by atoms with E-state index in [1.165, 1.54) is 38.1 Å². The topological polar surface area (TPSA) is 547 Å². The fourth-order valence-corrected chi connectivity index (χ4v) is 11.8. The Morgan fingerprint density at radius 1 is 0.424 bits per heavy atom. The Bertz CT molecular complexity index is 3110. The number of nitrogens with one attached hydrogen (secondary N) is 9. The third-order valence-corrected chi connectivity index (χ3v) is 17.6. The van der Waals surface area contributed by atoms with Gasteiger partial charge in [0.2, 0.25) is 65.0 Å². The lowest BCUT2D eigenvalue weighted by Crippen LogP contribution is -2.61. The Hall–Kier alpha value is -9.99. The fraction of sp³-hybridized carbons (Fsp3) is 0.641. The first kappa shape index (κ1) is 81.4. The molecule has 35 heteroatoms. The molecule has 3 fully saturated rings. The van der Waals surface area contributed by atoms with Crippen LogP contribution in [0.2, 0.25) is 0 Å². The standard InChI is InChI=1S/C64H93N11O24/c1-5-33(2)53(73-61(95)46-14-9-29-74(46)62(96)41(21-26-50(82)83)70-58(92)43(67-47(77)23-28-52(86)87)32-37-15-17-38(76)18-16-37)63(97)75-30-10-13-45(75)60(94)69-40(20-25-49(80)81)57(91)68-39(19-24-48(78)79)56(90)66-34(3)54(88)65-35(4)55(89)72-44(31-36-11-7-6-8-12-36)59(93)71-42(64(98)99)22-27-51(84)85/h15-18,33-36,39-46,53,76H,5-14,19-32H2,1-4H3,(H,65,88)(H,66,90)(H,67,77)(H,68,91)(H,69,94)(H,70,92)(H,71,93)(H,72,89)(H,73,95)(H,78,79)(H,80,81)(H,82,83)(H,84,85)(H,86,87)(H,98,99)/t33-,34-,35-,39-,40-,41-,42-,43-,44-,45-,46-,53-/m0/s1. The molecule has 2 saturated heterocycles. The van der Waals surface area contributed by atoms with Gasteiger partial charge in [-0.15, -0.1) is 0 Å². The van der Waals surface area contributed by atoms with Crippen molar-refractivity contribution in [2.75, 3.05) is 13.1 Å². The zero-order chi connectivity index (χ0) is 73.8. The Kier molecular flexibility index (Phi) is 32.9. The summed E-state index contributed by atoms with van der Waals surface area (Å²) in [5, 5.41) is 88.6. The average Bonchev–Trinajstić information content (AvgIpc) is 1.71. The number of hydrogen-bond acceptors (Lipinski definition) is 18. The largest absolute Gasteiger partial charge is 0.508 e. The number of amides is 11. The van der Waals surface area contributed by atoms with Gasteiger partial charge in [-0.05, 0) is 101 Å². The number of carbonyl (C=O) groups excluding carboxylic acids is 11. The van der Waals surface area contributed by atoms with Crippen LogP contribution in [0.3, 0.4) is 0 Å². The Labute approximate surface area is 569 Å². The van der Waals surface area contributed by atoms with Gasteiger partial charge in [-0.3, -0.25) is 76.7 Å². The molecular weight excluding hydrogens is 1310 g/mol. The fourth-order valence-electron chi connectivity index (χ4n) is 11.8. The van der Waals surface area contributed by atoms with Crippen molar-refractivity contribution in [2.45, 2.75) is 235 Å². The first-order chi connectivity index (χ1) is 46.7. The van der Waals surface area contributed by atoms with Crippen LogP contribution in [0.4, 0.5) is 0 Å². The molecule has 0 bridgehead atoms. The van der Waals surface area contributed by atoms with E-state index in [1.807, 2.05) is 0 Å². The van der Waals surface area contributed by atoms with Gasteiger partial charge in [-0.2, -0.15) is 0 Å². The molecule has 0 spiro atoms. The lowest BCUT2D eigenvalue weighted by Gasteiger charge is -2.34. The van der Waals surface area contributed by atoms with E-state index < -0.39 is 237 Å². The molecule has 12 atom stereocenters. The molecule has 548 valence electrons. The van der Waals surface area contributed by atoms with E-state index in [9.17, 15) is 107 Å². The summed E-state index contributed by atoms with van der Waals surface area (Å²) in [6, 6.07) is -10.9. The zero-order valence-electron chi connectivity index (χ0n) is 55.8. The molecule has 35 nitrogen and oxygen atoms in total. The number of benzene rings is 1. The first-order valence-corrected chi connectivity index (χ1v) is 33.1. The van der Waals surface area contributed by atoms with Crippen molar-refractivity contribution in [2.24, 2.45) is 11.8 Å². The quantitative estimate of drug-likeness (QED) is 0.0364. The molecule has 0 aromatic heterocycles. The predicted molar refractivity (Wildman–Crippen MR) is 343 cm³/mol. The minimum absolute atomic E-state index is 0.00811. The third-order valence-electron chi connectivity index (χ3n) is 17.6. The van der Waals surface area contributed by atoms with Crippen LogP contribution in [0.5, 0.6) is 5.75 Å². The molecule has 16 N–H and O–H groups in total. The zero-order valence-corrected chi connectivity index (χ0v) is 55.8. The number of aliphatic carboxylic acids is 6. The van der Waals surface area contributed by atoms with Gasteiger partial charge in [0, 0.05) is 51.6 Å². The van der Waals surface area contributed by atoms with E-state index in [0.717, 1.165) is 29.1 Å². The molecule has 11 amide bonds. The van der Waals surface area contributed by atoms with Crippen molar-refractivity contribution >= 4 is 101 Å². The van der Waals surface area contributed by atoms with Crippen LogP contribution in [0.25, 0.3) is 0 Å². The van der Waals surface area contributed by atoms with E-state index in [0.29, 0.717) is 18.4 Å². The number of carbonyl (C=O) groups is 17. The number of nitrogens with zero attached hydrogens (tertiary/aromatic N) is 2. The van der Waals surface area contributed by atoms with Crippen molar-refractivity contribution in [3.05, 3.63) is 29.8 Å². The second-order valence-corrected chi connectivity index (χ2v) is 25.2. The predicted octanol–water partition coefficient (Wildman–Crippen LogP) is -1.26. The van der Waals surface area contributed by atoms with E-state index in [1.54, 1.807) is 13.8 Å². The second-order valence-electron chi connectivity index (χ2n) is 25.2. The number of rotatable bonds is 41. The Morgan fingerprint density at radius 2 is 0.838 bits per heavy atom. The van der Waals surface area contributed by atoms with Crippen LogP contribution in [0, 0.1) is 11.8 Å². The molecule has 0 radical (unpaired) electrons. The summed E-state index contributed by atoms with van der Waals surface area (Å²) in [6.45, 7) is 5.63. The van der Waals surface area contributed by atoms with Crippen LogP contribution in [0.1, 0.15) is 168 Å². The summed E-state index contributed by atoms with van der Waals surface area (Å²) in [7, 11) is 0. The van der Waals surface area contributed by atoms with Crippen LogP contribution < -0.4 is 47.9 Å². The highest BCUT2D eigenvalue weighted by Gasteiger charge is 2.44. The molecule has 1 aromatic rings. The molecule has 2 heterocycles. The lowest BCUT2D eigenvalue weighted by molar-refractivity contribution is -0.146. The molecule has 2 aliphatic heterocycles. The number of likely N-dealkylation sites (tertiary alicyclic amines) is 2. The van der Waals surface area contributed by atoms with Gasteiger partial charge in [-0.1, -0.05) is 64.5 Å².